The minimum atomic E-state index is 0.230. The van der Waals surface area contributed by atoms with Crippen molar-refractivity contribution in [3.05, 3.63) is 66.2 Å². The molecule has 1 saturated heterocycles. The fraction of sp³-hybridized carbons (Fsp3) is 0.435. The average molecular weight is 478 g/mol. The molecule has 1 aliphatic rings. The Labute approximate surface area is 177 Å². The predicted molar refractivity (Wildman–Crippen MR) is 124 cm³/mol. The maximum Gasteiger partial charge on any atom is 0.226 e. The molecule has 0 unspecified atom stereocenters. The molecule has 146 valence electrons. The van der Waals surface area contributed by atoms with Crippen molar-refractivity contribution in [2.24, 2.45) is 0 Å². The van der Waals surface area contributed by atoms with E-state index in [4.69, 9.17) is 0 Å². The molecule has 0 saturated carbocycles. The molecule has 0 atom stereocenters. The summed E-state index contributed by atoms with van der Waals surface area (Å²) in [4.78, 5) is 19.1. The van der Waals surface area contributed by atoms with Gasteiger partial charge in [-0.3, -0.25) is 4.79 Å². The molecule has 0 aromatic heterocycles. The van der Waals surface area contributed by atoms with Crippen molar-refractivity contribution in [1.82, 2.24) is 4.90 Å². The first-order chi connectivity index (χ1) is 13.3. The Bertz CT molecular complexity index is 655. The van der Waals surface area contributed by atoms with Crippen molar-refractivity contribution in [3.8, 4) is 0 Å². The standard InChI is InChI=1S/C22H28N2O.CH3I/c1-2-22(25)24(20-11-7-4-8-12-20)21-14-17-23(18-15-21)16-13-19-9-5-3-6-10-19;1-2/h3-12,21H,2,13-18H2,1H3;1H3. The number of hydrogen-bond donors (Lipinski definition) is 0. The second-order valence-electron chi connectivity index (χ2n) is 6.76. The zero-order chi connectivity index (χ0) is 19.5. The number of rotatable bonds is 6. The van der Waals surface area contributed by atoms with E-state index in [9.17, 15) is 4.79 Å². The van der Waals surface area contributed by atoms with Gasteiger partial charge in [0.2, 0.25) is 5.91 Å². The molecule has 0 bridgehead atoms. The lowest BCUT2D eigenvalue weighted by atomic mass is 10.0. The number of piperidine rings is 1. The number of benzene rings is 2. The third-order valence-corrected chi connectivity index (χ3v) is 5.09. The van der Waals surface area contributed by atoms with Crippen LogP contribution >= 0.6 is 22.6 Å². The van der Waals surface area contributed by atoms with E-state index in [2.05, 4.69) is 70.0 Å². The van der Waals surface area contributed by atoms with Crippen LogP contribution in [0.5, 0.6) is 0 Å². The van der Waals surface area contributed by atoms with E-state index in [-0.39, 0.29) is 5.91 Å². The van der Waals surface area contributed by atoms with Gasteiger partial charge in [-0.25, -0.2) is 0 Å². The molecule has 1 fully saturated rings. The van der Waals surface area contributed by atoms with Gasteiger partial charge in [0.15, 0.2) is 0 Å². The van der Waals surface area contributed by atoms with Gasteiger partial charge in [-0.2, -0.15) is 0 Å². The summed E-state index contributed by atoms with van der Waals surface area (Å²) in [5.41, 5.74) is 2.44. The van der Waals surface area contributed by atoms with Crippen LogP contribution in [-0.4, -0.2) is 41.4 Å². The largest absolute Gasteiger partial charge is 0.309 e. The Balaban J connectivity index is 0.00000126. The average Bonchev–Trinajstić information content (AvgIpc) is 2.76. The second kappa shape index (κ2) is 12.1. The van der Waals surface area contributed by atoms with E-state index in [1.807, 2.05) is 35.0 Å². The van der Waals surface area contributed by atoms with Gasteiger partial charge >= 0.3 is 0 Å². The molecule has 3 nitrogen and oxygen atoms in total. The number of halogens is 1. The van der Waals surface area contributed by atoms with E-state index in [1.54, 1.807) is 0 Å². The number of carbonyl (C=O) groups excluding carboxylic acids is 1. The van der Waals surface area contributed by atoms with Gasteiger partial charge in [0, 0.05) is 37.8 Å². The first kappa shape index (κ1) is 21.9. The molecule has 0 spiro atoms. The molecule has 3 rings (SSSR count). The molecule has 0 radical (unpaired) electrons. The number of nitrogens with zero attached hydrogens (tertiary/aromatic N) is 2. The van der Waals surface area contributed by atoms with Crippen molar-refractivity contribution in [3.63, 3.8) is 0 Å². The van der Waals surface area contributed by atoms with Crippen LogP contribution in [-0.2, 0) is 11.2 Å². The summed E-state index contributed by atoms with van der Waals surface area (Å²) < 4.78 is 0. The lowest BCUT2D eigenvalue weighted by Gasteiger charge is -2.38. The van der Waals surface area contributed by atoms with Crippen LogP contribution in [0.4, 0.5) is 5.69 Å². The zero-order valence-corrected chi connectivity index (χ0v) is 18.6. The lowest BCUT2D eigenvalue weighted by Crippen LogP contribution is -2.47. The Hall–Kier alpha value is -1.40. The summed E-state index contributed by atoms with van der Waals surface area (Å²) in [6.45, 7) is 5.19. The third kappa shape index (κ3) is 6.61. The van der Waals surface area contributed by atoms with Crippen LogP contribution in [0.1, 0.15) is 31.7 Å². The highest BCUT2D eigenvalue weighted by atomic mass is 127. The van der Waals surface area contributed by atoms with Crippen LogP contribution in [0, 0.1) is 0 Å². The van der Waals surface area contributed by atoms with Crippen LogP contribution in [0.2, 0.25) is 0 Å². The van der Waals surface area contributed by atoms with Crippen LogP contribution in [0.15, 0.2) is 60.7 Å². The Kier molecular flexibility index (Phi) is 9.84. The molecular weight excluding hydrogens is 447 g/mol. The van der Waals surface area contributed by atoms with Crippen LogP contribution in [0.3, 0.4) is 0 Å². The van der Waals surface area contributed by atoms with Gasteiger partial charge in [0.05, 0.1) is 0 Å². The minimum Gasteiger partial charge on any atom is -0.309 e. The van der Waals surface area contributed by atoms with E-state index >= 15 is 0 Å². The van der Waals surface area contributed by atoms with Crippen LogP contribution in [0.25, 0.3) is 0 Å². The SMILES string of the molecule is CCC(=O)N(c1ccccc1)C1CCN(CCc2ccccc2)CC1.CI. The Morgan fingerprint density at radius 3 is 2.11 bits per heavy atom. The summed E-state index contributed by atoms with van der Waals surface area (Å²) >= 11 is 2.15. The normalized spacial score (nSPS) is 14.9. The fourth-order valence-corrected chi connectivity index (χ4v) is 3.65. The van der Waals surface area contributed by atoms with E-state index in [0.29, 0.717) is 12.5 Å². The molecule has 0 N–H and O–H groups in total. The number of hydrogen-bond acceptors (Lipinski definition) is 2. The minimum absolute atomic E-state index is 0.230. The summed E-state index contributed by atoms with van der Waals surface area (Å²) in [5.74, 6) is 0.230. The van der Waals surface area contributed by atoms with Gasteiger partial charge < -0.3 is 9.80 Å². The summed E-state index contributed by atoms with van der Waals surface area (Å²) in [5, 5.41) is 0. The highest BCUT2D eigenvalue weighted by Crippen LogP contribution is 2.24. The number of amides is 1. The second-order valence-corrected chi connectivity index (χ2v) is 6.76. The maximum absolute atomic E-state index is 12.5. The van der Waals surface area contributed by atoms with Crippen molar-refractivity contribution < 1.29 is 4.79 Å². The number of anilines is 1. The van der Waals surface area contributed by atoms with Gasteiger partial charge in [0.25, 0.3) is 0 Å². The first-order valence-corrected chi connectivity index (χ1v) is 11.9. The quantitative estimate of drug-likeness (QED) is 0.422. The number of likely N-dealkylation sites (tertiary alicyclic amines) is 1. The molecule has 0 aliphatic carbocycles. The number of alkyl halides is 1. The monoisotopic (exact) mass is 478 g/mol. The Morgan fingerprint density at radius 1 is 1.00 bits per heavy atom. The molecule has 27 heavy (non-hydrogen) atoms. The number of para-hydroxylation sites is 1. The molecular formula is C23H31IN2O. The van der Waals surface area contributed by atoms with Gasteiger partial charge in [-0.05, 0) is 41.9 Å². The molecule has 1 amide bonds. The molecule has 2 aromatic rings. The summed E-state index contributed by atoms with van der Waals surface area (Å²) in [6.07, 6.45) is 3.76. The highest BCUT2D eigenvalue weighted by Gasteiger charge is 2.28. The van der Waals surface area contributed by atoms with Crippen molar-refractivity contribution >= 4 is 34.2 Å². The predicted octanol–water partition coefficient (Wildman–Crippen LogP) is 5.19. The zero-order valence-electron chi connectivity index (χ0n) is 16.5. The topological polar surface area (TPSA) is 23.6 Å². The molecule has 1 heterocycles. The van der Waals surface area contributed by atoms with E-state index < -0.39 is 0 Å². The highest BCUT2D eigenvalue weighted by molar-refractivity contribution is 14.1. The first-order valence-electron chi connectivity index (χ1n) is 9.79. The van der Waals surface area contributed by atoms with Crippen molar-refractivity contribution in [1.29, 1.82) is 0 Å². The third-order valence-electron chi connectivity index (χ3n) is 5.09. The molecule has 1 aliphatic heterocycles. The molecule has 4 heteroatoms. The van der Waals surface area contributed by atoms with E-state index in [1.165, 1.54) is 5.56 Å². The molecule has 2 aromatic carbocycles. The van der Waals surface area contributed by atoms with Crippen molar-refractivity contribution in [2.45, 2.75) is 38.6 Å². The van der Waals surface area contributed by atoms with Gasteiger partial charge in [0.1, 0.15) is 0 Å². The Morgan fingerprint density at radius 2 is 1.56 bits per heavy atom. The summed E-state index contributed by atoms with van der Waals surface area (Å²) in [6, 6.07) is 21.1. The van der Waals surface area contributed by atoms with Gasteiger partial charge in [-0.1, -0.05) is 78.0 Å². The fourth-order valence-electron chi connectivity index (χ4n) is 3.65. The smallest absolute Gasteiger partial charge is 0.226 e. The van der Waals surface area contributed by atoms with Crippen LogP contribution < -0.4 is 4.90 Å². The van der Waals surface area contributed by atoms with Crippen molar-refractivity contribution in [2.75, 3.05) is 29.5 Å². The number of carbonyl (C=O) groups is 1. The summed E-state index contributed by atoms with van der Waals surface area (Å²) in [7, 11) is 0. The van der Waals surface area contributed by atoms with Gasteiger partial charge in [-0.15, -0.1) is 0 Å². The lowest BCUT2D eigenvalue weighted by molar-refractivity contribution is -0.119. The maximum atomic E-state index is 12.5. The van der Waals surface area contributed by atoms with E-state index in [0.717, 1.165) is 44.6 Å².